The number of anilines is 1. The second-order valence-corrected chi connectivity index (χ2v) is 9.03. The van der Waals surface area contributed by atoms with E-state index < -0.39 is 34.0 Å². The fourth-order valence-corrected chi connectivity index (χ4v) is 4.00. The lowest BCUT2D eigenvalue weighted by Gasteiger charge is -2.15. The molecule has 0 fully saturated rings. The maximum absolute atomic E-state index is 13.1. The second kappa shape index (κ2) is 12.0. The summed E-state index contributed by atoms with van der Waals surface area (Å²) >= 11 is 3.29. The van der Waals surface area contributed by atoms with Crippen molar-refractivity contribution in [3.63, 3.8) is 0 Å². The van der Waals surface area contributed by atoms with Crippen LogP contribution in [0.3, 0.4) is 0 Å². The number of nitrogens with one attached hydrogen (secondary N) is 1. The minimum atomic E-state index is -4.78. The van der Waals surface area contributed by atoms with E-state index in [1.165, 1.54) is 18.2 Å². The van der Waals surface area contributed by atoms with Gasteiger partial charge in [0.1, 0.15) is 11.6 Å². The molecule has 0 aliphatic rings. The second-order valence-electron chi connectivity index (χ2n) is 8.17. The summed E-state index contributed by atoms with van der Waals surface area (Å²) in [6.45, 7) is 5.54. The lowest BCUT2D eigenvalue weighted by molar-refractivity contribution is -0.385. The average Bonchev–Trinajstić information content (AvgIpc) is 2.86. The Morgan fingerprint density at radius 2 is 1.90 bits per heavy atom. The Hall–Kier alpha value is -4.37. The van der Waals surface area contributed by atoms with E-state index in [9.17, 15) is 33.3 Å². The molecule has 0 saturated heterocycles. The minimum absolute atomic E-state index is 0.0461. The van der Waals surface area contributed by atoms with Gasteiger partial charge in [0.05, 0.1) is 21.6 Å². The van der Waals surface area contributed by atoms with E-state index in [-0.39, 0.29) is 28.2 Å². The summed E-state index contributed by atoms with van der Waals surface area (Å²) in [7, 11) is 0. The fraction of sp³-hybridized carbons (Fsp3) is 0.185. The molecule has 1 amide bonds. The van der Waals surface area contributed by atoms with Gasteiger partial charge in [-0.25, -0.2) is 0 Å². The molecular weight excluding hydrogens is 583 g/mol. The first-order chi connectivity index (χ1) is 18.3. The standard InChI is InChI=1S/C27H21BrF3N3O5/c1-4-38-24-12-17(10-18(14-32)26(35)33-21-7-5-6-15(2)16(21)3)11-20(28)25(24)39-23-9-8-19(27(29,30)31)13-22(23)34(36)37/h5-13H,4H2,1-3H3,(H,33,35)/b18-10+. The average molecular weight is 604 g/mol. The van der Waals surface area contributed by atoms with Crippen LogP contribution in [0.1, 0.15) is 29.2 Å². The van der Waals surface area contributed by atoms with E-state index in [0.29, 0.717) is 23.4 Å². The van der Waals surface area contributed by atoms with Crippen LogP contribution in [0.5, 0.6) is 17.2 Å². The number of hydrogen-bond acceptors (Lipinski definition) is 6. The number of benzene rings is 3. The van der Waals surface area contributed by atoms with Crippen molar-refractivity contribution in [2.45, 2.75) is 26.9 Å². The summed E-state index contributed by atoms with van der Waals surface area (Å²) in [6, 6.07) is 12.0. The van der Waals surface area contributed by atoms with E-state index in [2.05, 4.69) is 21.2 Å². The Kier molecular flexibility index (Phi) is 8.98. The van der Waals surface area contributed by atoms with Gasteiger partial charge in [-0.05, 0) is 89.8 Å². The van der Waals surface area contributed by atoms with Crippen LogP contribution in [0.2, 0.25) is 0 Å². The van der Waals surface area contributed by atoms with E-state index in [0.717, 1.165) is 17.2 Å². The zero-order valence-corrected chi connectivity index (χ0v) is 22.4. The smallest absolute Gasteiger partial charge is 0.416 e. The van der Waals surface area contributed by atoms with Gasteiger partial charge >= 0.3 is 11.9 Å². The van der Waals surface area contributed by atoms with Crippen LogP contribution in [0.25, 0.3) is 6.08 Å². The van der Waals surface area contributed by atoms with Gasteiger partial charge < -0.3 is 14.8 Å². The van der Waals surface area contributed by atoms with Crippen LogP contribution in [0.4, 0.5) is 24.5 Å². The van der Waals surface area contributed by atoms with Crippen LogP contribution in [0, 0.1) is 35.3 Å². The molecule has 0 saturated carbocycles. The lowest BCUT2D eigenvalue weighted by Crippen LogP contribution is -2.14. The molecule has 0 aliphatic carbocycles. The molecular formula is C27H21BrF3N3O5. The summed E-state index contributed by atoms with van der Waals surface area (Å²) in [5.41, 5.74) is 0.420. The number of halogens is 4. The highest BCUT2D eigenvalue weighted by molar-refractivity contribution is 9.10. The van der Waals surface area contributed by atoms with Gasteiger partial charge in [0, 0.05) is 11.8 Å². The Morgan fingerprint density at radius 1 is 1.18 bits per heavy atom. The van der Waals surface area contributed by atoms with Crippen molar-refractivity contribution in [2.24, 2.45) is 0 Å². The highest BCUT2D eigenvalue weighted by Crippen LogP contribution is 2.44. The van der Waals surface area contributed by atoms with Crippen molar-refractivity contribution < 1.29 is 32.4 Å². The normalized spacial score (nSPS) is 11.5. The van der Waals surface area contributed by atoms with Crippen molar-refractivity contribution in [1.29, 1.82) is 5.26 Å². The molecule has 0 aromatic heterocycles. The van der Waals surface area contributed by atoms with Gasteiger partial charge in [-0.1, -0.05) is 12.1 Å². The first-order valence-electron chi connectivity index (χ1n) is 11.3. The number of ether oxygens (including phenoxy) is 2. The number of nitrogens with zero attached hydrogens (tertiary/aromatic N) is 2. The summed E-state index contributed by atoms with van der Waals surface area (Å²) < 4.78 is 50.6. The third kappa shape index (κ3) is 6.94. The number of amides is 1. The van der Waals surface area contributed by atoms with E-state index in [1.54, 1.807) is 19.1 Å². The SMILES string of the molecule is CCOc1cc(/C=C(\C#N)C(=O)Nc2cccc(C)c2C)cc(Br)c1Oc1ccc(C(F)(F)F)cc1[N+](=O)[O-]. The molecule has 202 valence electrons. The third-order valence-electron chi connectivity index (χ3n) is 5.56. The van der Waals surface area contributed by atoms with Gasteiger partial charge in [0.2, 0.25) is 5.75 Å². The predicted octanol–water partition coefficient (Wildman–Crippen LogP) is 7.73. The van der Waals surface area contributed by atoms with Crippen LogP contribution < -0.4 is 14.8 Å². The highest BCUT2D eigenvalue weighted by atomic mass is 79.9. The zero-order chi connectivity index (χ0) is 28.9. The molecule has 0 spiro atoms. The molecule has 39 heavy (non-hydrogen) atoms. The molecule has 0 aliphatic heterocycles. The van der Waals surface area contributed by atoms with E-state index >= 15 is 0 Å². The van der Waals surface area contributed by atoms with Crippen molar-refractivity contribution in [3.05, 3.63) is 90.9 Å². The quantitative estimate of drug-likeness (QED) is 0.122. The summed E-state index contributed by atoms with van der Waals surface area (Å²) in [4.78, 5) is 23.3. The van der Waals surface area contributed by atoms with Crippen molar-refractivity contribution in [2.75, 3.05) is 11.9 Å². The molecule has 8 nitrogen and oxygen atoms in total. The van der Waals surface area contributed by atoms with Crippen LogP contribution in [-0.4, -0.2) is 17.4 Å². The molecule has 12 heteroatoms. The Bertz CT molecular complexity index is 1510. The zero-order valence-electron chi connectivity index (χ0n) is 20.9. The number of carbonyl (C=O) groups is 1. The number of hydrogen-bond donors (Lipinski definition) is 1. The number of alkyl halides is 3. The van der Waals surface area contributed by atoms with Crippen molar-refractivity contribution in [3.8, 4) is 23.3 Å². The Balaban J connectivity index is 1.99. The van der Waals surface area contributed by atoms with Crippen LogP contribution in [-0.2, 0) is 11.0 Å². The van der Waals surface area contributed by atoms with Crippen LogP contribution in [0.15, 0.2) is 58.6 Å². The Labute approximate surface area is 229 Å². The number of carbonyl (C=O) groups excluding carboxylic acids is 1. The first kappa shape index (κ1) is 29.2. The molecule has 1 N–H and O–H groups in total. The van der Waals surface area contributed by atoms with Gasteiger partial charge in [-0.2, -0.15) is 18.4 Å². The minimum Gasteiger partial charge on any atom is -0.490 e. The monoisotopic (exact) mass is 603 g/mol. The van der Waals surface area contributed by atoms with Gasteiger partial charge in [0.25, 0.3) is 5.91 Å². The maximum Gasteiger partial charge on any atom is 0.416 e. The first-order valence-corrected chi connectivity index (χ1v) is 12.1. The fourth-order valence-electron chi connectivity index (χ4n) is 3.46. The molecule has 3 rings (SSSR count). The van der Waals surface area contributed by atoms with Gasteiger partial charge in [-0.15, -0.1) is 0 Å². The number of aryl methyl sites for hydroxylation is 1. The lowest BCUT2D eigenvalue weighted by atomic mass is 10.1. The van der Waals surface area contributed by atoms with E-state index in [4.69, 9.17) is 9.47 Å². The third-order valence-corrected chi connectivity index (χ3v) is 6.14. The van der Waals surface area contributed by atoms with Gasteiger partial charge in [0.15, 0.2) is 11.5 Å². The molecule has 0 radical (unpaired) electrons. The summed E-state index contributed by atoms with van der Waals surface area (Å²) in [5, 5.41) is 23.8. The number of nitro groups is 1. The largest absolute Gasteiger partial charge is 0.490 e. The van der Waals surface area contributed by atoms with Crippen molar-refractivity contribution in [1.82, 2.24) is 0 Å². The molecule has 3 aromatic rings. The highest BCUT2D eigenvalue weighted by Gasteiger charge is 2.33. The maximum atomic E-state index is 13.1. The molecule has 0 unspecified atom stereocenters. The van der Waals surface area contributed by atoms with E-state index in [1.807, 2.05) is 26.0 Å². The van der Waals surface area contributed by atoms with Gasteiger partial charge in [-0.3, -0.25) is 14.9 Å². The predicted molar refractivity (Wildman–Crippen MR) is 142 cm³/mol. The molecule has 0 atom stereocenters. The number of nitro benzene ring substituents is 1. The topological polar surface area (TPSA) is 114 Å². The summed E-state index contributed by atoms with van der Waals surface area (Å²) in [6.07, 6.45) is -3.46. The number of nitriles is 1. The van der Waals surface area contributed by atoms with Crippen molar-refractivity contribution >= 4 is 39.3 Å². The molecule has 3 aromatic carbocycles. The van der Waals surface area contributed by atoms with Crippen LogP contribution >= 0.6 is 15.9 Å². The Morgan fingerprint density at radius 3 is 2.51 bits per heavy atom. The summed E-state index contributed by atoms with van der Waals surface area (Å²) in [5.74, 6) is -1.06. The molecule has 0 bridgehead atoms. The number of rotatable bonds is 8. The molecule has 0 heterocycles.